The first-order valence-electron chi connectivity index (χ1n) is 12.1. The summed E-state index contributed by atoms with van der Waals surface area (Å²) in [6.07, 6.45) is 12.2. The molecule has 1 fully saturated rings. The van der Waals surface area contributed by atoms with Gasteiger partial charge >= 0.3 is 0 Å². The maximum atomic E-state index is 3.82. The number of hydrogen-bond acceptors (Lipinski definition) is 0. The summed E-state index contributed by atoms with van der Waals surface area (Å²) in [5.74, 6) is 1.89. The van der Waals surface area contributed by atoms with Gasteiger partial charge in [-0.1, -0.05) is 112 Å². The van der Waals surface area contributed by atoms with Crippen LogP contribution in [0.5, 0.6) is 0 Å². The molecule has 0 radical (unpaired) electrons. The molecule has 0 saturated heterocycles. The van der Waals surface area contributed by atoms with Crippen LogP contribution in [0.4, 0.5) is 0 Å². The Balaban J connectivity index is 1.29. The number of hydrogen-bond donors (Lipinski definition) is 0. The second-order valence-electron chi connectivity index (χ2n) is 9.43. The third-order valence-corrected chi connectivity index (χ3v) is 7.15. The van der Waals surface area contributed by atoms with Crippen LogP contribution >= 0.6 is 0 Å². The van der Waals surface area contributed by atoms with Crippen LogP contribution in [0.2, 0.25) is 0 Å². The number of rotatable bonds is 8. The van der Waals surface area contributed by atoms with Gasteiger partial charge in [0.25, 0.3) is 0 Å². The van der Waals surface area contributed by atoms with Gasteiger partial charge in [0.1, 0.15) is 0 Å². The van der Waals surface area contributed by atoms with E-state index in [1.54, 1.807) is 0 Å². The zero-order chi connectivity index (χ0) is 21.5. The van der Waals surface area contributed by atoms with Gasteiger partial charge in [-0.2, -0.15) is 0 Å². The van der Waals surface area contributed by atoms with Crippen molar-refractivity contribution < 1.29 is 0 Å². The summed E-state index contributed by atoms with van der Waals surface area (Å²) in [7, 11) is 0. The molecular formula is C31H36. The molecule has 0 N–H and O–H groups in total. The van der Waals surface area contributed by atoms with E-state index in [1.165, 1.54) is 71.9 Å². The minimum absolute atomic E-state index is 0.897. The van der Waals surface area contributed by atoms with Crippen LogP contribution in [0.15, 0.2) is 79.4 Å². The standard InChI is InChI=1S/C31H36/c1-3-24-5-9-26(10-6-24)21-28-13-17-30(18-14-28)23-31-19-15-29(16-20-31)22-27-11-7-25(4-2)8-12-27/h3,5-6,9-10,13-20,25,27H,1,4,7-8,11-12,21-23H2,2H3. The quantitative estimate of drug-likeness (QED) is 0.352. The predicted octanol–water partition coefficient (Wildman–Crippen LogP) is 8.27. The number of benzene rings is 3. The van der Waals surface area contributed by atoms with Crippen molar-refractivity contribution in [1.82, 2.24) is 0 Å². The summed E-state index contributed by atoms with van der Waals surface area (Å²) in [4.78, 5) is 0. The molecule has 4 rings (SSSR count). The van der Waals surface area contributed by atoms with Gasteiger partial charge in [-0.15, -0.1) is 0 Å². The largest absolute Gasteiger partial charge is 0.0985 e. The lowest BCUT2D eigenvalue weighted by Gasteiger charge is -2.27. The van der Waals surface area contributed by atoms with Crippen molar-refractivity contribution in [2.24, 2.45) is 11.8 Å². The van der Waals surface area contributed by atoms with Crippen LogP contribution < -0.4 is 0 Å². The van der Waals surface area contributed by atoms with Gasteiger partial charge in [0.15, 0.2) is 0 Å². The molecule has 1 aliphatic carbocycles. The Labute approximate surface area is 189 Å². The molecule has 0 amide bonds. The topological polar surface area (TPSA) is 0 Å². The third-order valence-electron chi connectivity index (χ3n) is 7.15. The molecule has 0 atom stereocenters. The van der Waals surface area contributed by atoms with E-state index in [-0.39, 0.29) is 0 Å². The van der Waals surface area contributed by atoms with E-state index in [0.717, 1.165) is 24.7 Å². The van der Waals surface area contributed by atoms with Crippen molar-refractivity contribution in [3.8, 4) is 0 Å². The van der Waals surface area contributed by atoms with Crippen molar-refractivity contribution in [2.75, 3.05) is 0 Å². The first-order valence-corrected chi connectivity index (χ1v) is 12.1. The molecule has 3 aromatic rings. The van der Waals surface area contributed by atoms with Gasteiger partial charge in [-0.3, -0.25) is 0 Å². The molecule has 0 nitrogen and oxygen atoms in total. The zero-order valence-electron chi connectivity index (χ0n) is 19.0. The van der Waals surface area contributed by atoms with Crippen LogP contribution in [0, 0.1) is 11.8 Å². The lowest BCUT2D eigenvalue weighted by molar-refractivity contribution is 0.268. The highest BCUT2D eigenvalue weighted by molar-refractivity contribution is 5.47. The molecule has 160 valence electrons. The van der Waals surface area contributed by atoms with Gasteiger partial charge in [0, 0.05) is 0 Å². The summed E-state index contributed by atoms with van der Waals surface area (Å²) < 4.78 is 0. The van der Waals surface area contributed by atoms with Gasteiger partial charge in [0.05, 0.1) is 0 Å². The molecular weight excluding hydrogens is 372 g/mol. The fraction of sp³-hybridized carbons (Fsp3) is 0.355. The molecule has 0 unspecified atom stereocenters. The molecule has 1 aliphatic rings. The zero-order valence-corrected chi connectivity index (χ0v) is 19.0. The SMILES string of the molecule is C=Cc1ccc(Cc2ccc(Cc3ccc(CC4CCC(CC)CC4)cc3)cc2)cc1. The molecule has 1 saturated carbocycles. The van der Waals surface area contributed by atoms with Crippen LogP contribution in [0.3, 0.4) is 0 Å². The Morgan fingerprint density at radius 2 is 1.00 bits per heavy atom. The van der Waals surface area contributed by atoms with Gasteiger partial charge in [0.2, 0.25) is 0 Å². The molecule has 0 spiro atoms. The second-order valence-corrected chi connectivity index (χ2v) is 9.43. The lowest BCUT2D eigenvalue weighted by atomic mass is 9.78. The lowest BCUT2D eigenvalue weighted by Crippen LogP contribution is -2.15. The van der Waals surface area contributed by atoms with Crippen LogP contribution in [-0.4, -0.2) is 0 Å². The van der Waals surface area contributed by atoms with Crippen LogP contribution in [0.1, 0.15) is 72.4 Å². The van der Waals surface area contributed by atoms with Crippen molar-refractivity contribution in [3.63, 3.8) is 0 Å². The summed E-state index contributed by atoms with van der Waals surface area (Å²) >= 11 is 0. The second kappa shape index (κ2) is 10.6. The maximum absolute atomic E-state index is 3.82. The Kier molecular flexibility index (Phi) is 7.41. The highest BCUT2D eigenvalue weighted by Crippen LogP contribution is 2.32. The fourth-order valence-corrected chi connectivity index (χ4v) is 4.99. The average molecular weight is 409 g/mol. The minimum atomic E-state index is 0.897. The first-order chi connectivity index (χ1) is 15.2. The molecule has 31 heavy (non-hydrogen) atoms. The van der Waals surface area contributed by atoms with Crippen LogP contribution in [0.25, 0.3) is 6.08 Å². The monoisotopic (exact) mass is 408 g/mol. The van der Waals surface area contributed by atoms with Crippen molar-refractivity contribution in [1.29, 1.82) is 0 Å². The highest BCUT2D eigenvalue weighted by atomic mass is 14.3. The Hall–Kier alpha value is -2.60. The summed E-state index contributed by atoms with van der Waals surface area (Å²) in [6.45, 7) is 6.17. The Morgan fingerprint density at radius 1 is 0.613 bits per heavy atom. The van der Waals surface area contributed by atoms with E-state index in [4.69, 9.17) is 0 Å². The average Bonchev–Trinajstić information content (AvgIpc) is 2.82. The van der Waals surface area contributed by atoms with Gasteiger partial charge in [-0.25, -0.2) is 0 Å². The summed E-state index contributed by atoms with van der Waals surface area (Å²) in [5, 5.41) is 0. The molecule has 0 aliphatic heterocycles. The van der Waals surface area contributed by atoms with E-state index in [9.17, 15) is 0 Å². The van der Waals surface area contributed by atoms with E-state index in [0.29, 0.717) is 0 Å². The Morgan fingerprint density at radius 3 is 1.42 bits per heavy atom. The normalized spacial score (nSPS) is 18.6. The molecule has 0 heterocycles. The molecule has 0 aromatic heterocycles. The van der Waals surface area contributed by atoms with Gasteiger partial charge < -0.3 is 0 Å². The van der Waals surface area contributed by atoms with Crippen molar-refractivity contribution in [3.05, 3.63) is 113 Å². The first kappa shape index (κ1) is 21.6. The van der Waals surface area contributed by atoms with Crippen molar-refractivity contribution >= 4 is 6.08 Å². The molecule has 0 bridgehead atoms. The minimum Gasteiger partial charge on any atom is -0.0985 e. The van der Waals surface area contributed by atoms with E-state index in [2.05, 4.69) is 86.3 Å². The molecule has 0 heteroatoms. The van der Waals surface area contributed by atoms with E-state index >= 15 is 0 Å². The smallest absolute Gasteiger partial charge is 0.00258 e. The van der Waals surface area contributed by atoms with E-state index < -0.39 is 0 Å². The van der Waals surface area contributed by atoms with Crippen LogP contribution in [-0.2, 0) is 19.3 Å². The van der Waals surface area contributed by atoms with Crippen molar-refractivity contribution in [2.45, 2.75) is 58.3 Å². The summed E-state index contributed by atoms with van der Waals surface area (Å²) in [6, 6.07) is 27.2. The van der Waals surface area contributed by atoms with E-state index in [1.807, 2.05) is 6.08 Å². The fourth-order valence-electron chi connectivity index (χ4n) is 4.99. The molecule has 3 aromatic carbocycles. The maximum Gasteiger partial charge on any atom is -0.00258 e. The predicted molar refractivity (Wildman–Crippen MR) is 134 cm³/mol. The summed E-state index contributed by atoms with van der Waals surface area (Å²) in [5.41, 5.74) is 8.19. The van der Waals surface area contributed by atoms with Gasteiger partial charge in [-0.05, 0) is 77.3 Å². The highest BCUT2D eigenvalue weighted by Gasteiger charge is 2.20. The third kappa shape index (κ3) is 6.20. The Bertz CT molecular complexity index is 936.